The summed E-state index contributed by atoms with van der Waals surface area (Å²) in [4.78, 5) is 24.5. The third-order valence-corrected chi connectivity index (χ3v) is 5.33. The van der Waals surface area contributed by atoms with E-state index in [-0.39, 0.29) is 23.2 Å². The minimum absolute atomic E-state index is 0.163. The second-order valence-electron chi connectivity index (χ2n) is 7.86. The van der Waals surface area contributed by atoms with Gasteiger partial charge in [-0.15, -0.1) is 0 Å². The monoisotopic (exact) mass is 455 g/mol. The molecule has 0 bridgehead atoms. The Hall–Kier alpha value is -3.59. The van der Waals surface area contributed by atoms with E-state index in [0.29, 0.717) is 31.4 Å². The van der Waals surface area contributed by atoms with Crippen molar-refractivity contribution in [3.8, 4) is 5.69 Å². The fraction of sp³-hybridized carbons (Fsp3) is 0.292. The number of amides is 1. The molecular formula is C24H23F2N3O4. The fourth-order valence-corrected chi connectivity index (χ4v) is 3.60. The molecule has 0 radical (unpaired) electrons. The maximum atomic E-state index is 13.6. The molecule has 1 saturated heterocycles. The van der Waals surface area contributed by atoms with E-state index in [9.17, 15) is 18.4 Å². The van der Waals surface area contributed by atoms with Gasteiger partial charge in [-0.1, -0.05) is 12.1 Å². The predicted molar refractivity (Wildman–Crippen MR) is 118 cm³/mol. The number of benzene rings is 2. The highest BCUT2D eigenvalue weighted by atomic mass is 19.1. The second kappa shape index (κ2) is 10.4. The van der Waals surface area contributed by atoms with Crippen LogP contribution in [0.5, 0.6) is 0 Å². The van der Waals surface area contributed by atoms with Crippen molar-refractivity contribution in [1.82, 2.24) is 9.78 Å². The lowest BCUT2D eigenvalue weighted by atomic mass is 10.0. The van der Waals surface area contributed by atoms with Gasteiger partial charge in [0.25, 0.3) is 0 Å². The number of ether oxygens (including phenoxy) is 2. The van der Waals surface area contributed by atoms with Crippen LogP contribution in [0.15, 0.2) is 59.5 Å². The van der Waals surface area contributed by atoms with Crippen LogP contribution in [0.25, 0.3) is 5.69 Å². The van der Waals surface area contributed by atoms with Crippen molar-refractivity contribution >= 4 is 11.8 Å². The minimum atomic E-state index is -0.741. The van der Waals surface area contributed by atoms with E-state index >= 15 is 0 Å². The van der Waals surface area contributed by atoms with Gasteiger partial charge >= 0.3 is 6.09 Å². The summed E-state index contributed by atoms with van der Waals surface area (Å²) >= 11 is 0. The molecule has 0 spiro atoms. The Bertz CT molecular complexity index is 1170. The van der Waals surface area contributed by atoms with E-state index in [4.69, 9.17) is 9.47 Å². The zero-order valence-electron chi connectivity index (χ0n) is 17.8. The van der Waals surface area contributed by atoms with Crippen LogP contribution in [0, 0.1) is 17.6 Å². The number of hydrogen-bond acceptors (Lipinski definition) is 5. The number of nitrogens with one attached hydrogen (secondary N) is 1. The van der Waals surface area contributed by atoms with E-state index < -0.39 is 17.7 Å². The van der Waals surface area contributed by atoms with Gasteiger partial charge in [-0.05, 0) is 48.6 Å². The summed E-state index contributed by atoms with van der Waals surface area (Å²) in [6.45, 7) is 1.70. The Morgan fingerprint density at radius 1 is 1.12 bits per heavy atom. The molecule has 4 rings (SSSR count). The number of halogens is 2. The van der Waals surface area contributed by atoms with Gasteiger partial charge in [-0.25, -0.2) is 18.3 Å². The second-order valence-corrected chi connectivity index (χ2v) is 7.86. The summed E-state index contributed by atoms with van der Waals surface area (Å²) in [6.07, 6.45) is 2.71. The number of carbonyl (C=O) groups is 1. The first-order valence-electron chi connectivity index (χ1n) is 10.6. The van der Waals surface area contributed by atoms with Crippen LogP contribution in [0.3, 0.4) is 0 Å². The average molecular weight is 455 g/mol. The Kier molecular flexibility index (Phi) is 7.09. The van der Waals surface area contributed by atoms with Gasteiger partial charge in [0.05, 0.1) is 12.3 Å². The Morgan fingerprint density at radius 3 is 2.64 bits per heavy atom. The van der Waals surface area contributed by atoms with Crippen molar-refractivity contribution < 1.29 is 23.0 Å². The maximum absolute atomic E-state index is 13.6. The minimum Gasteiger partial charge on any atom is -0.449 e. The van der Waals surface area contributed by atoms with E-state index in [1.54, 1.807) is 24.3 Å². The summed E-state index contributed by atoms with van der Waals surface area (Å²) in [5.41, 5.74) is 1.30. The molecule has 172 valence electrons. The van der Waals surface area contributed by atoms with Gasteiger partial charge in [0.15, 0.2) is 0 Å². The highest BCUT2D eigenvalue weighted by molar-refractivity contribution is 5.84. The van der Waals surface area contributed by atoms with Gasteiger partial charge < -0.3 is 9.47 Å². The van der Waals surface area contributed by atoms with E-state index in [1.165, 1.54) is 16.9 Å². The number of nitrogens with zero attached hydrogens (tertiary/aromatic N) is 2. The van der Waals surface area contributed by atoms with Crippen molar-refractivity contribution in [3.63, 3.8) is 0 Å². The van der Waals surface area contributed by atoms with Crippen molar-refractivity contribution in [2.24, 2.45) is 5.92 Å². The molecule has 1 N–H and O–H groups in total. The number of rotatable bonds is 6. The van der Waals surface area contributed by atoms with Crippen molar-refractivity contribution in [2.45, 2.75) is 19.3 Å². The predicted octanol–water partition coefficient (Wildman–Crippen LogP) is 4.08. The van der Waals surface area contributed by atoms with Crippen LogP contribution in [0.2, 0.25) is 0 Å². The molecule has 1 aliphatic heterocycles. The summed E-state index contributed by atoms with van der Waals surface area (Å²) in [5.74, 6) is -1.18. The lowest BCUT2D eigenvalue weighted by Gasteiger charge is -2.21. The SMILES string of the molecule is O=C(Nc1cccc(Cc2nn(-c3cc(F)cc(F)c3)ccc2=O)c1)OCC1CCOCC1. The van der Waals surface area contributed by atoms with Crippen molar-refractivity contribution in [1.29, 1.82) is 0 Å². The average Bonchev–Trinajstić information content (AvgIpc) is 2.79. The van der Waals surface area contributed by atoms with Crippen LogP contribution in [-0.2, 0) is 15.9 Å². The first kappa shape index (κ1) is 22.6. The summed E-state index contributed by atoms with van der Waals surface area (Å²) in [7, 11) is 0. The normalized spacial score (nSPS) is 14.1. The standard InChI is InChI=1S/C24H23F2N3O4/c25-18-12-19(26)14-21(13-18)29-7-4-23(30)22(28-29)11-17-2-1-3-20(10-17)27-24(31)33-15-16-5-8-32-9-6-16/h1-4,7,10,12-14,16H,5-6,8-9,11,15H2,(H,27,31). The molecule has 0 aliphatic carbocycles. The third-order valence-electron chi connectivity index (χ3n) is 5.33. The summed E-state index contributed by atoms with van der Waals surface area (Å²) in [5, 5.41) is 6.93. The Labute approximate surface area is 189 Å². The highest BCUT2D eigenvalue weighted by Gasteiger charge is 2.16. The number of carbonyl (C=O) groups excluding carboxylic acids is 1. The summed E-state index contributed by atoms with van der Waals surface area (Å²) in [6, 6.07) is 11.3. The van der Waals surface area contributed by atoms with Gasteiger partial charge in [-0.3, -0.25) is 10.1 Å². The molecule has 0 atom stereocenters. The smallest absolute Gasteiger partial charge is 0.411 e. The van der Waals surface area contributed by atoms with Crippen LogP contribution < -0.4 is 10.7 Å². The van der Waals surface area contributed by atoms with Gasteiger partial charge in [0, 0.05) is 43.7 Å². The van der Waals surface area contributed by atoms with E-state index in [2.05, 4.69) is 10.4 Å². The molecule has 0 saturated carbocycles. The van der Waals surface area contributed by atoms with Crippen LogP contribution in [-0.4, -0.2) is 35.7 Å². The first-order valence-corrected chi connectivity index (χ1v) is 10.6. The molecule has 7 nitrogen and oxygen atoms in total. The third kappa shape index (κ3) is 6.23. The maximum Gasteiger partial charge on any atom is 0.411 e. The first-order chi connectivity index (χ1) is 16.0. The molecule has 1 aliphatic rings. The molecule has 33 heavy (non-hydrogen) atoms. The number of anilines is 1. The fourth-order valence-electron chi connectivity index (χ4n) is 3.60. The Morgan fingerprint density at radius 2 is 1.88 bits per heavy atom. The van der Waals surface area contributed by atoms with E-state index in [0.717, 1.165) is 36.6 Å². The largest absolute Gasteiger partial charge is 0.449 e. The lowest BCUT2D eigenvalue weighted by Crippen LogP contribution is -2.23. The van der Waals surface area contributed by atoms with Crippen molar-refractivity contribution in [2.75, 3.05) is 25.1 Å². The number of aromatic nitrogens is 2. The molecule has 9 heteroatoms. The number of hydrogen-bond donors (Lipinski definition) is 1. The zero-order valence-corrected chi connectivity index (χ0v) is 17.8. The molecule has 0 unspecified atom stereocenters. The molecule has 1 fully saturated rings. The van der Waals surface area contributed by atoms with Crippen LogP contribution >= 0.6 is 0 Å². The van der Waals surface area contributed by atoms with Gasteiger partial charge in [-0.2, -0.15) is 5.10 Å². The van der Waals surface area contributed by atoms with E-state index in [1.807, 2.05) is 0 Å². The molecule has 2 aromatic carbocycles. The molecule has 1 amide bonds. The highest BCUT2D eigenvalue weighted by Crippen LogP contribution is 2.17. The Balaban J connectivity index is 1.43. The summed E-state index contributed by atoms with van der Waals surface area (Å²) < 4.78 is 39.0. The van der Waals surface area contributed by atoms with Crippen LogP contribution in [0.4, 0.5) is 19.3 Å². The molecular weight excluding hydrogens is 432 g/mol. The van der Waals surface area contributed by atoms with Gasteiger partial charge in [0.2, 0.25) is 5.43 Å². The lowest BCUT2D eigenvalue weighted by molar-refractivity contribution is 0.0405. The molecule has 3 aromatic rings. The van der Waals surface area contributed by atoms with Gasteiger partial charge in [0.1, 0.15) is 17.3 Å². The zero-order chi connectivity index (χ0) is 23.2. The van der Waals surface area contributed by atoms with Crippen LogP contribution in [0.1, 0.15) is 24.1 Å². The molecule has 1 aromatic heterocycles. The quantitative estimate of drug-likeness (QED) is 0.606. The molecule has 2 heterocycles. The topological polar surface area (TPSA) is 82.5 Å². The van der Waals surface area contributed by atoms with Crippen molar-refractivity contribution in [3.05, 3.63) is 87.8 Å².